The van der Waals surface area contributed by atoms with Gasteiger partial charge in [0, 0.05) is 19.0 Å². The molecule has 8 heteroatoms. The molecule has 170 valence electrons. The van der Waals surface area contributed by atoms with Gasteiger partial charge >= 0.3 is 0 Å². The van der Waals surface area contributed by atoms with Crippen LogP contribution in [0.25, 0.3) is 11.0 Å². The number of nitrogens with one attached hydrogen (secondary N) is 1. The molecule has 32 heavy (non-hydrogen) atoms. The largest absolute Gasteiger partial charge is 0.493 e. The molecule has 0 bridgehead atoms. The number of aromatic amines is 1. The third kappa shape index (κ3) is 4.26. The fraction of sp³-hybridized carbons (Fsp3) is 0.417. The van der Waals surface area contributed by atoms with Crippen LogP contribution in [-0.4, -0.2) is 46.6 Å². The van der Waals surface area contributed by atoms with E-state index in [1.165, 1.54) is 6.07 Å². The molecule has 1 aliphatic heterocycles. The minimum Gasteiger partial charge on any atom is -0.493 e. The summed E-state index contributed by atoms with van der Waals surface area (Å²) in [7, 11) is 0. The van der Waals surface area contributed by atoms with E-state index < -0.39 is 11.6 Å². The van der Waals surface area contributed by atoms with Crippen molar-refractivity contribution in [1.82, 2.24) is 14.9 Å². The second kappa shape index (κ2) is 9.54. The Morgan fingerprint density at radius 2 is 1.84 bits per heavy atom. The zero-order valence-electron chi connectivity index (χ0n) is 18.3. The number of H-pyrrole nitrogens is 1. The summed E-state index contributed by atoms with van der Waals surface area (Å²) in [6, 6.07) is 7.77. The molecular weight excluding hydrogens is 416 g/mol. The van der Waals surface area contributed by atoms with Gasteiger partial charge in [-0.2, -0.15) is 0 Å². The predicted octanol–water partition coefficient (Wildman–Crippen LogP) is 4.88. The number of imidazole rings is 1. The van der Waals surface area contributed by atoms with E-state index >= 15 is 0 Å². The third-order valence-corrected chi connectivity index (χ3v) is 5.71. The van der Waals surface area contributed by atoms with E-state index in [9.17, 15) is 13.6 Å². The van der Waals surface area contributed by atoms with E-state index in [2.05, 4.69) is 9.97 Å². The number of carbonyl (C=O) groups is 1. The number of piperidine rings is 1. The maximum atomic E-state index is 14.1. The van der Waals surface area contributed by atoms with Gasteiger partial charge in [0.05, 0.1) is 18.7 Å². The van der Waals surface area contributed by atoms with Crippen LogP contribution in [-0.2, 0) is 6.42 Å². The van der Waals surface area contributed by atoms with Crippen LogP contribution in [0.15, 0.2) is 30.3 Å². The van der Waals surface area contributed by atoms with Crippen molar-refractivity contribution >= 4 is 16.9 Å². The van der Waals surface area contributed by atoms with Gasteiger partial charge in [-0.3, -0.25) is 4.79 Å². The fourth-order valence-corrected chi connectivity index (χ4v) is 4.29. The first-order valence-electron chi connectivity index (χ1n) is 11.1. The summed E-state index contributed by atoms with van der Waals surface area (Å²) in [4.78, 5) is 22.9. The number of likely N-dealkylation sites (tertiary alicyclic amines) is 1. The molecule has 0 aliphatic carbocycles. The van der Waals surface area contributed by atoms with Crippen LogP contribution in [0.5, 0.6) is 11.5 Å². The van der Waals surface area contributed by atoms with Gasteiger partial charge < -0.3 is 19.4 Å². The summed E-state index contributed by atoms with van der Waals surface area (Å²) < 4.78 is 39.1. The van der Waals surface area contributed by atoms with E-state index in [-0.39, 0.29) is 17.5 Å². The van der Waals surface area contributed by atoms with Crippen molar-refractivity contribution in [3.8, 4) is 11.5 Å². The Morgan fingerprint density at radius 1 is 1.12 bits per heavy atom. The molecule has 0 spiro atoms. The summed E-state index contributed by atoms with van der Waals surface area (Å²) >= 11 is 0. The number of halogens is 2. The molecule has 1 aliphatic rings. The Balaban J connectivity index is 1.64. The lowest BCUT2D eigenvalue weighted by Gasteiger charge is -2.36. The minimum atomic E-state index is -0.964. The van der Waals surface area contributed by atoms with Gasteiger partial charge in [-0.1, -0.05) is 6.07 Å². The van der Waals surface area contributed by atoms with Gasteiger partial charge in [-0.15, -0.1) is 0 Å². The summed E-state index contributed by atoms with van der Waals surface area (Å²) in [5.41, 5.74) is 0.836. The Hall–Kier alpha value is -3.16. The topological polar surface area (TPSA) is 67.5 Å². The van der Waals surface area contributed by atoms with Gasteiger partial charge in [0.25, 0.3) is 5.91 Å². The number of hydrogen-bond donors (Lipinski definition) is 1. The van der Waals surface area contributed by atoms with Crippen LogP contribution in [0.1, 0.15) is 49.3 Å². The third-order valence-electron chi connectivity index (χ3n) is 5.71. The number of rotatable bonds is 7. The number of fused-ring (bicyclic) bond motifs is 1. The normalized spacial score (nSPS) is 16.4. The summed E-state index contributed by atoms with van der Waals surface area (Å²) in [5.74, 6) is -0.537. The number of hydrogen-bond acceptors (Lipinski definition) is 4. The maximum Gasteiger partial charge on any atom is 0.261 e. The van der Waals surface area contributed by atoms with E-state index in [0.717, 1.165) is 25.3 Å². The molecular formula is C24H27F2N3O3. The lowest BCUT2D eigenvalue weighted by Crippen LogP contribution is -2.45. The summed E-state index contributed by atoms with van der Waals surface area (Å²) in [6.45, 7) is 5.20. The number of ether oxygens (including phenoxy) is 2. The van der Waals surface area contributed by atoms with Gasteiger partial charge in [0.15, 0.2) is 11.6 Å². The van der Waals surface area contributed by atoms with E-state index in [1.54, 1.807) is 12.1 Å². The lowest BCUT2D eigenvalue weighted by atomic mass is 9.97. The first-order chi connectivity index (χ1) is 15.5. The number of amides is 1. The van der Waals surface area contributed by atoms with Crippen molar-refractivity contribution in [3.05, 3.63) is 53.4 Å². The monoisotopic (exact) mass is 443 g/mol. The molecule has 2 aromatic carbocycles. The average Bonchev–Trinajstić information content (AvgIpc) is 3.20. The molecule has 1 saturated heterocycles. The van der Waals surface area contributed by atoms with Crippen LogP contribution in [0, 0.1) is 11.6 Å². The zero-order chi connectivity index (χ0) is 22.7. The molecule has 2 heterocycles. The summed E-state index contributed by atoms with van der Waals surface area (Å²) in [5, 5.41) is 0. The van der Waals surface area contributed by atoms with Crippen molar-refractivity contribution < 1.29 is 23.0 Å². The highest BCUT2D eigenvalue weighted by Gasteiger charge is 2.32. The van der Waals surface area contributed by atoms with Crippen LogP contribution < -0.4 is 9.47 Å². The van der Waals surface area contributed by atoms with Crippen LogP contribution in [0.4, 0.5) is 8.78 Å². The maximum absolute atomic E-state index is 14.1. The Morgan fingerprint density at radius 3 is 2.53 bits per heavy atom. The number of benzene rings is 2. The van der Waals surface area contributed by atoms with Crippen molar-refractivity contribution in [2.24, 2.45) is 0 Å². The molecule has 1 atom stereocenters. The Bertz CT molecular complexity index is 1090. The second-order valence-corrected chi connectivity index (χ2v) is 7.79. The lowest BCUT2D eigenvalue weighted by molar-refractivity contribution is 0.0603. The zero-order valence-corrected chi connectivity index (χ0v) is 18.3. The first-order valence-corrected chi connectivity index (χ1v) is 11.1. The second-order valence-electron chi connectivity index (χ2n) is 7.79. The molecule has 1 unspecified atom stereocenters. The molecule has 1 amide bonds. The number of carbonyl (C=O) groups excluding carboxylic acids is 1. The molecule has 0 radical (unpaired) electrons. The molecule has 1 fully saturated rings. The standard InChI is InChI=1S/C24H27F2N3O3/c1-3-31-18-9-7-10-19(32-4-2)21(18)24(30)29-13-6-5-8-15(29)14-20-27-17-12-11-16(25)22(26)23(17)28-20/h7,9-12,15H,3-6,8,13-14H2,1-2H3,(H,27,28). The van der Waals surface area contributed by atoms with Crippen LogP contribution in [0.3, 0.4) is 0 Å². The van der Waals surface area contributed by atoms with Gasteiger partial charge in [0.1, 0.15) is 28.4 Å². The number of aromatic nitrogens is 2. The van der Waals surface area contributed by atoms with E-state index in [0.29, 0.717) is 54.6 Å². The van der Waals surface area contributed by atoms with Crippen molar-refractivity contribution in [2.75, 3.05) is 19.8 Å². The van der Waals surface area contributed by atoms with E-state index in [4.69, 9.17) is 9.47 Å². The average molecular weight is 443 g/mol. The Labute approximate surface area is 185 Å². The molecule has 1 N–H and O–H groups in total. The highest BCUT2D eigenvalue weighted by Crippen LogP contribution is 2.33. The quantitative estimate of drug-likeness (QED) is 0.565. The van der Waals surface area contributed by atoms with Crippen molar-refractivity contribution in [3.63, 3.8) is 0 Å². The fourth-order valence-electron chi connectivity index (χ4n) is 4.29. The van der Waals surface area contributed by atoms with Gasteiger partial charge in [-0.05, 0) is 57.4 Å². The summed E-state index contributed by atoms with van der Waals surface area (Å²) in [6.07, 6.45) is 3.08. The van der Waals surface area contributed by atoms with E-state index in [1.807, 2.05) is 24.8 Å². The van der Waals surface area contributed by atoms with Crippen molar-refractivity contribution in [2.45, 2.75) is 45.6 Å². The molecule has 3 aromatic rings. The SMILES string of the molecule is CCOc1cccc(OCC)c1C(=O)N1CCCCC1Cc1nc2c(F)c(F)ccc2[nH]1. The van der Waals surface area contributed by atoms with Gasteiger partial charge in [0.2, 0.25) is 0 Å². The van der Waals surface area contributed by atoms with Crippen molar-refractivity contribution in [1.29, 1.82) is 0 Å². The highest BCUT2D eigenvalue weighted by molar-refractivity contribution is 6.00. The highest BCUT2D eigenvalue weighted by atomic mass is 19.2. The molecule has 4 rings (SSSR count). The Kier molecular flexibility index (Phi) is 6.58. The molecule has 1 aromatic heterocycles. The molecule has 6 nitrogen and oxygen atoms in total. The number of nitrogens with zero attached hydrogens (tertiary/aromatic N) is 2. The minimum absolute atomic E-state index is 0.0194. The smallest absolute Gasteiger partial charge is 0.261 e. The first kappa shape index (κ1) is 22.0. The van der Waals surface area contributed by atoms with Crippen LogP contribution in [0.2, 0.25) is 0 Å². The van der Waals surface area contributed by atoms with Crippen LogP contribution >= 0.6 is 0 Å². The predicted molar refractivity (Wildman–Crippen MR) is 117 cm³/mol. The van der Waals surface area contributed by atoms with Gasteiger partial charge in [-0.25, -0.2) is 13.8 Å². The molecule has 0 saturated carbocycles.